The Kier molecular flexibility index (Phi) is 5.65. The number of piperazine rings is 1. The fourth-order valence-electron chi connectivity index (χ4n) is 2.80. The highest BCUT2D eigenvalue weighted by molar-refractivity contribution is 5.26. The Morgan fingerprint density at radius 3 is 2.67 bits per heavy atom. The summed E-state index contributed by atoms with van der Waals surface area (Å²) < 4.78 is 5.79. The Morgan fingerprint density at radius 1 is 1.24 bits per heavy atom. The number of ether oxygens (including phenoxy) is 1. The first kappa shape index (κ1) is 16.3. The molecule has 0 aliphatic carbocycles. The molecule has 3 nitrogen and oxygen atoms in total. The largest absolute Gasteiger partial charge is 0.494 e. The summed E-state index contributed by atoms with van der Waals surface area (Å²) in [6.07, 6.45) is 2.31. The maximum absolute atomic E-state index is 5.79. The van der Waals surface area contributed by atoms with Crippen LogP contribution in [-0.4, -0.2) is 42.7 Å². The van der Waals surface area contributed by atoms with Crippen molar-refractivity contribution in [3.8, 4) is 5.75 Å². The van der Waals surface area contributed by atoms with Crippen LogP contribution >= 0.6 is 0 Å². The molecule has 1 N–H and O–H groups in total. The molecule has 2 rings (SSSR count). The predicted molar refractivity (Wildman–Crippen MR) is 89.0 cm³/mol. The zero-order valence-electron chi connectivity index (χ0n) is 14.0. The van der Waals surface area contributed by atoms with Gasteiger partial charge in [-0.3, -0.25) is 4.90 Å². The molecule has 118 valence electrons. The van der Waals surface area contributed by atoms with E-state index in [-0.39, 0.29) is 5.54 Å². The third-order valence-corrected chi connectivity index (χ3v) is 4.35. The van der Waals surface area contributed by atoms with Crippen LogP contribution in [0.25, 0.3) is 0 Å². The van der Waals surface area contributed by atoms with E-state index in [1.165, 1.54) is 12.0 Å². The molecule has 1 aliphatic rings. The molecule has 0 aromatic heterocycles. The van der Waals surface area contributed by atoms with Gasteiger partial charge in [0.2, 0.25) is 0 Å². The second-order valence-electron chi connectivity index (χ2n) is 6.91. The molecule has 1 atom stereocenters. The van der Waals surface area contributed by atoms with Crippen molar-refractivity contribution in [2.24, 2.45) is 0 Å². The lowest BCUT2D eigenvalue weighted by Gasteiger charge is -2.45. The van der Waals surface area contributed by atoms with Crippen molar-refractivity contribution in [2.45, 2.75) is 52.1 Å². The van der Waals surface area contributed by atoms with Crippen molar-refractivity contribution >= 4 is 0 Å². The van der Waals surface area contributed by atoms with E-state index in [1.54, 1.807) is 0 Å². The first-order chi connectivity index (χ1) is 9.97. The Labute approximate surface area is 129 Å². The van der Waals surface area contributed by atoms with E-state index in [1.807, 2.05) is 0 Å². The molecule has 1 aromatic carbocycles. The van der Waals surface area contributed by atoms with Crippen molar-refractivity contribution in [1.29, 1.82) is 0 Å². The molecular formula is C18H30N2O. The molecule has 3 heteroatoms. The summed E-state index contributed by atoms with van der Waals surface area (Å²) in [7, 11) is 0. The van der Waals surface area contributed by atoms with E-state index in [4.69, 9.17) is 4.74 Å². The van der Waals surface area contributed by atoms with Crippen molar-refractivity contribution in [3.63, 3.8) is 0 Å². The van der Waals surface area contributed by atoms with Crippen molar-refractivity contribution in [2.75, 3.05) is 26.2 Å². The molecule has 0 bridgehead atoms. The van der Waals surface area contributed by atoms with Crippen LogP contribution in [0.5, 0.6) is 5.75 Å². The van der Waals surface area contributed by atoms with E-state index >= 15 is 0 Å². The van der Waals surface area contributed by atoms with E-state index < -0.39 is 0 Å². The normalized spacial score (nSPS) is 22.2. The SMILES string of the molecule is Cc1ccc(OCCCCN2CC(C)NCC2(C)C)cc1. The third-order valence-electron chi connectivity index (χ3n) is 4.35. The van der Waals surface area contributed by atoms with Gasteiger partial charge in [-0.1, -0.05) is 17.7 Å². The molecule has 1 aliphatic heterocycles. The topological polar surface area (TPSA) is 24.5 Å². The number of aryl methyl sites for hydroxylation is 1. The predicted octanol–water partition coefficient (Wildman–Crippen LogP) is 3.23. The third kappa shape index (κ3) is 5.01. The van der Waals surface area contributed by atoms with Gasteiger partial charge in [-0.05, 0) is 59.2 Å². The van der Waals surface area contributed by atoms with Gasteiger partial charge < -0.3 is 10.1 Å². The van der Waals surface area contributed by atoms with Crippen LogP contribution in [0, 0.1) is 6.92 Å². The van der Waals surface area contributed by atoms with Crippen molar-refractivity contribution in [3.05, 3.63) is 29.8 Å². The van der Waals surface area contributed by atoms with Gasteiger partial charge in [-0.15, -0.1) is 0 Å². The molecule has 0 amide bonds. The van der Waals surface area contributed by atoms with Crippen LogP contribution in [-0.2, 0) is 0 Å². The lowest BCUT2D eigenvalue weighted by molar-refractivity contribution is 0.0674. The molecule has 0 spiro atoms. The van der Waals surface area contributed by atoms with Crippen LogP contribution < -0.4 is 10.1 Å². The quantitative estimate of drug-likeness (QED) is 0.814. The first-order valence-corrected chi connectivity index (χ1v) is 8.15. The summed E-state index contributed by atoms with van der Waals surface area (Å²) in [5, 5.41) is 3.56. The summed E-state index contributed by atoms with van der Waals surface area (Å²) in [5.41, 5.74) is 1.54. The zero-order chi connectivity index (χ0) is 15.3. The van der Waals surface area contributed by atoms with Crippen LogP contribution in [0.4, 0.5) is 0 Å². The molecule has 1 fully saturated rings. The maximum atomic E-state index is 5.79. The average Bonchev–Trinajstić information content (AvgIpc) is 2.44. The summed E-state index contributed by atoms with van der Waals surface area (Å²) in [4.78, 5) is 2.61. The smallest absolute Gasteiger partial charge is 0.119 e. The Morgan fingerprint density at radius 2 is 1.95 bits per heavy atom. The fourth-order valence-corrected chi connectivity index (χ4v) is 2.80. The average molecular weight is 290 g/mol. The van der Waals surface area contributed by atoms with Gasteiger partial charge in [0.15, 0.2) is 0 Å². The van der Waals surface area contributed by atoms with E-state index in [2.05, 4.69) is 62.2 Å². The minimum absolute atomic E-state index is 0.268. The van der Waals surface area contributed by atoms with Gasteiger partial charge in [-0.2, -0.15) is 0 Å². The number of nitrogens with one attached hydrogen (secondary N) is 1. The van der Waals surface area contributed by atoms with Crippen LogP contribution in [0.1, 0.15) is 39.2 Å². The van der Waals surface area contributed by atoms with Gasteiger partial charge in [0.05, 0.1) is 6.61 Å². The lowest BCUT2D eigenvalue weighted by atomic mass is 9.97. The minimum Gasteiger partial charge on any atom is -0.494 e. The lowest BCUT2D eigenvalue weighted by Crippen LogP contribution is -2.61. The molecule has 1 unspecified atom stereocenters. The van der Waals surface area contributed by atoms with Crippen LogP contribution in [0.2, 0.25) is 0 Å². The highest BCUT2D eigenvalue weighted by Crippen LogP contribution is 2.19. The highest BCUT2D eigenvalue weighted by atomic mass is 16.5. The molecule has 21 heavy (non-hydrogen) atoms. The monoisotopic (exact) mass is 290 g/mol. The Hall–Kier alpha value is -1.06. The maximum Gasteiger partial charge on any atom is 0.119 e. The summed E-state index contributed by atoms with van der Waals surface area (Å²) in [5.74, 6) is 0.983. The van der Waals surface area contributed by atoms with E-state index in [0.717, 1.165) is 38.4 Å². The Balaban J connectivity index is 1.66. The molecule has 1 aromatic rings. The van der Waals surface area contributed by atoms with Gasteiger partial charge >= 0.3 is 0 Å². The number of hydrogen-bond acceptors (Lipinski definition) is 3. The second-order valence-corrected chi connectivity index (χ2v) is 6.91. The summed E-state index contributed by atoms with van der Waals surface area (Å²) in [6, 6.07) is 8.90. The van der Waals surface area contributed by atoms with E-state index in [0.29, 0.717) is 6.04 Å². The fraction of sp³-hybridized carbons (Fsp3) is 0.667. The van der Waals surface area contributed by atoms with Gasteiger partial charge in [0.1, 0.15) is 5.75 Å². The highest BCUT2D eigenvalue weighted by Gasteiger charge is 2.31. The standard InChI is InChI=1S/C18H30N2O/c1-15-7-9-17(10-8-15)21-12-6-5-11-20-13-16(2)19-14-18(20,3)4/h7-10,16,19H,5-6,11-14H2,1-4H3. The Bertz CT molecular complexity index is 427. The van der Waals surface area contributed by atoms with Crippen molar-refractivity contribution < 1.29 is 4.74 Å². The molecule has 1 heterocycles. The van der Waals surface area contributed by atoms with Crippen LogP contribution in [0.15, 0.2) is 24.3 Å². The number of hydrogen-bond donors (Lipinski definition) is 1. The number of benzene rings is 1. The zero-order valence-corrected chi connectivity index (χ0v) is 14.0. The minimum atomic E-state index is 0.268. The van der Waals surface area contributed by atoms with E-state index in [9.17, 15) is 0 Å². The van der Waals surface area contributed by atoms with Gasteiger partial charge in [-0.25, -0.2) is 0 Å². The number of nitrogens with zero attached hydrogens (tertiary/aromatic N) is 1. The number of rotatable bonds is 6. The van der Waals surface area contributed by atoms with Gasteiger partial charge in [0.25, 0.3) is 0 Å². The first-order valence-electron chi connectivity index (χ1n) is 8.15. The second kappa shape index (κ2) is 7.28. The molecule has 0 saturated carbocycles. The molecule has 0 radical (unpaired) electrons. The van der Waals surface area contributed by atoms with Gasteiger partial charge in [0, 0.05) is 24.7 Å². The molecule has 1 saturated heterocycles. The molecular weight excluding hydrogens is 260 g/mol. The van der Waals surface area contributed by atoms with Crippen molar-refractivity contribution in [1.82, 2.24) is 10.2 Å². The van der Waals surface area contributed by atoms with Crippen LogP contribution in [0.3, 0.4) is 0 Å². The summed E-state index contributed by atoms with van der Waals surface area (Å²) in [6.45, 7) is 13.2. The number of unbranched alkanes of at least 4 members (excludes halogenated alkanes) is 1. The summed E-state index contributed by atoms with van der Waals surface area (Å²) >= 11 is 0.